The highest BCUT2D eigenvalue weighted by Gasteiger charge is 2.30. The lowest BCUT2D eigenvalue weighted by Gasteiger charge is -2.08. The number of rotatable bonds is 7. The first-order chi connectivity index (χ1) is 15.1. The van der Waals surface area contributed by atoms with Gasteiger partial charge >= 0.3 is 6.18 Å². The molecule has 2 aromatic carbocycles. The van der Waals surface area contributed by atoms with E-state index in [0.29, 0.717) is 11.1 Å². The largest absolute Gasteiger partial charge is 0.494 e. The van der Waals surface area contributed by atoms with Crippen LogP contribution in [0.4, 0.5) is 23.2 Å². The fraction of sp³-hybridized carbons (Fsp3) is 0.227. The van der Waals surface area contributed by atoms with Crippen molar-refractivity contribution in [3.8, 4) is 5.75 Å². The van der Waals surface area contributed by atoms with E-state index < -0.39 is 23.5 Å². The van der Waals surface area contributed by atoms with E-state index in [1.54, 1.807) is 0 Å². The van der Waals surface area contributed by atoms with Crippen LogP contribution in [-0.2, 0) is 23.9 Å². The summed E-state index contributed by atoms with van der Waals surface area (Å²) in [5, 5.41) is 6.72. The van der Waals surface area contributed by atoms with Gasteiger partial charge in [0.2, 0.25) is 0 Å². The van der Waals surface area contributed by atoms with Gasteiger partial charge in [0.15, 0.2) is 17.3 Å². The summed E-state index contributed by atoms with van der Waals surface area (Å²) in [5.74, 6) is -1.34. The maximum Gasteiger partial charge on any atom is 0.416 e. The standard InChI is InChI=1S/C22H19F4N3O3/c1-13(30)9-15-12-29(11-14-3-8-18(23)19(10-14)32-2)28-20(15)21(31)27-17-6-4-16(5-7-17)22(24,25)26/h3-8,10,12H,9,11H2,1-2H3,(H,27,31). The van der Waals surface area contributed by atoms with Crippen LogP contribution in [0.15, 0.2) is 48.7 Å². The number of nitrogens with zero attached hydrogens (tertiary/aromatic N) is 2. The highest BCUT2D eigenvalue weighted by molar-refractivity contribution is 6.04. The number of hydrogen-bond acceptors (Lipinski definition) is 4. The number of amides is 1. The van der Waals surface area contributed by atoms with Crippen molar-refractivity contribution in [1.82, 2.24) is 9.78 Å². The first-order valence-electron chi connectivity index (χ1n) is 9.43. The second-order valence-electron chi connectivity index (χ2n) is 7.08. The summed E-state index contributed by atoms with van der Waals surface area (Å²) in [4.78, 5) is 24.4. The van der Waals surface area contributed by atoms with E-state index in [9.17, 15) is 27.2 Å². The van der Waals surface area contributed by atoms with Gasteiger partial charge in [0, 0.05) is 23.9 Å². The minimum absolute atomic E-state index is 0.0332. The van der Waals surface area contributed by atoms with Gasteiger partial charge in [-0.05, 0) is 48.9 Å². The van der Waals surface area contributed by atoms with E-state index >= 15 is 0 Å². The van der Waals surface area contributed by atoms with Gasteiger partial charge in [-0.2, -0.15) is 18.3 Å². The number of nitrogens with one attached hydrogen (secondary N) is 1. The number of ether oxygens (including phenoxy) is 1. The molecule has 3 rings (SSSR count). The van der Waals surface area contributed by atoms with Crippen molar-refractivity contribution >= 4 is 17.4 Å². The molecule has 1 heterocycles. The average molecular weight is 449 g/mol. The summed E-state index contributed by atoms with van der Waals surface area (Å²) in [6.07, 6.45) is -3.01. The Balaban J connectivity index is 1.84. The van der Waals surface area contributed by atoms with Crippen LogP contribution in [0.1, 0.15) is 34.1 Å². The summed E-state index contributed by atoms with van der Waals surface area (Å²) in [6.45, 7) is 1.54. The summed E-state index contributed by atoms with van der Waals surface area (Å²) < 4.78 is 58.1. The Morgan fingerprint density at radius 3 is 2.41 bits per heavy atom. The molecule has 0 aliphatic rings. The Morgan fingerprint density at radius 2 is 1.81 bits per heavy atom. The minimum Gasteiger partial charge on any atom is -0.494 e. The number of methoxy groups -OCH3 is 1. The quantitative estimate of drug-likeness (QED) is 0.540. The van der Waals surface area contributed by atoms with Crippen molar-refractivity contribution < 1.29 is 31.9 Å². The maximum absolute atomic E-state index is 13.6. The third kappa shape index (κ3) is 5.51. The zero-order chi connectivity index (χ0) is 23.5. The summed E-state index contributed by atoms with van der Waals surface area (Å²) in [6, 6.07) is 8.24. The molecule has 0 aliphatic heterocycles. The number of halogens is 4. The van der Waals surface area contributed by atoms with E-state index in [1.807, 2.05) is 0 Å². The van der Waals surface area contributed by atoms with Crippen molar-refractivity contribution in [1.29, 1.82) is 0 Å². The maximum atomic E-state index is 13.6. The number of anilines is 1. The van der Waals surface area contributed by atoms with Crippen LogP contribution >= 0.6 is 0 Å². The van der Waals surface area contributed by atoms with Crippen molar-refractivity contribution in [2.45, 2.75) is 26.1 Å². The molecule has 0 atom stereocenters. The minimum atomic E-state index is -4.49. The van der Waals surface area contributed by atoms with E-state index in [-0.39, 0.29) is 35.9 Å². The lowest BCUT2D eigenvalue weighted by molar-refractivity contribution is -0.137. The second kappa shape index (κ2) is 9.21. The molecule has 0 aliphatic carbocycles. The molecule has 0 unspecified atom stereocenters. The van der Waals surface area contributed by atoms with Crippen LogP contribution < -0.4 is 10.1 Å². The van der Waals surface area contributed by atoms with Gasteiger partial charge < -0.3 is 10.1 Å². The SMILES string of the molecule is COc1cc(Cn2cc(CC(C)=O)c(C(=O)Nc3ccc(C(F)(F)F)cc3)n2)ccc1F. The first-order valence-corrected chi connectivity index (χ1v) is 9.43. The molecule has 0 spiro atoms. The normalized spacial score (nSPS) is 11.3. The fourth-order valence-electron chi connectivity index (χ4n) is 3.05. The number of benzene rings is 2. The molecule has 32 heavy (non-hydrogen) atoms. The predicted molar refractivity (Wildman–Crippen MR) is 108 cm³/mol. The smallest absolute Gasteiger partial charge is 0.416 e. The molecule has 0 bridgehead atoms. The summed E-state index contributed by atoms with van der Waals surface area (Å²) in [5.41, 5.74) is 0.279. The van der Waals surface area contributed by atoms with E-state index in [1.165, 1.54) is 43.1 Å². The lowest BCUT2D eigenvalue weighted by Crippen LogP contribution is -2.16. The number of alkyl halides is 3. The number of ketones is 1. The van der Waals surface area contributed by atoms with Crippen LogP contribution in [0.2, 0.25) is 0 Å². The van der Waals surface area contributed by atoms with Gasteiger partial charge in [0.1, 0.15) is 5.78 Å². The zero-order valence-corrected chi connectivity index (χ0v) is 17.2. The Hall–Kier alpha value is -3.69. The number of carbonyl (C=O) groups is 2. The molecular formula is C22H19F4N3O3. The Morgan fingerprint density at radius 1 is 1.12 bits per heavy atom. The molecule has 0 fully saturated rings. The molecule has 168 valence electrons. The molecule has 1 amide bonds. The van der Waals surface area contributed by atoms with Crippen molar-refractivity contribution in [2.75, 3.05) is 12.4 Å². The van der Waals surface area contributed by atoms with Crippen LogP contribution in [0, 0.1) is 5.82 Å². The number of Topliss-reactive ketones (excluding diaryl/α,β-unsaturated/α-hetero) is 1. The van der Waals surface area contributed by atoms with Crippen LogP contribution in [-0.4, -0.2) is 28.6 Å². The highest BCUT2D eigenvalue weighted by atomic mass is 19.4. The molecule has 10 heteroatoms. The molecule has 1 N–H and O–H groups in total. The Labute approximate surface area is 180 Å². The van der Waals surface area contributed by atoms with Gasteiger partial charge in [-0.3, -0.25) is 14.3 Å². The van der Waals surface area contributed by atoms with Gasteiger partial charge in [-0.25, -0.2) is 4.39 Å². The van der Waals surface area contributed by atoms with E-state index in [4.69, 9.17) is 4.74 Å². The molecule has 0 saturated carbocycles. The van der Waals surface area contributed by atoms with Crippen LogP contribution in [0.3, 0.4) is 0 Å². The third-order valence-electron chi connectivity index (χ3n) is 4.52. The molecule has 6 nitrogen and oxygen atoms in total. The highest BCUT2D eigenvalue weighted by Crippen LogP contribution is 2.30. The van der Waals surface area contributed by atoms with Crippen molar-refractivity contribution in [2.24, 2.45) is 0 Å². The van der Waals surface area contributed by atoms with Crippen molar-refractivity contribution in [3.63, 3.8) is 0 Å². The number of aromatic nitrogens is 2. The molecule has 0 saturated heterocycles. The topological polar surface area (TPSA) is 73.2 Å². The molecule has 1 aromatic heterocycles. The van der Waals surface area contributed by atoms with Crippen LogP contribution in [0.25, 0.3) is 0 Å². The molecule has 3 aromatic rings. The molecular weight excluding hydrogens is 430 g/mol. The van der Waals surface area contributed by atoms with Gasteiger partial charge in [0.25, 0.3) is 5.91 Å². The summed E-state index contributed by atoms with van der Waals surface area (Å²) >= 11 is 0. The van der Waals surface area contributed by atoms with E-state index in [0.717, 1.165) is 24.3 Å². The Bertz CT molecular complexity index is 1140. The number of carbonyl (C=O) groups excluding carboxylic acids is 2. The fourth-order valence-corrected chi connectivity index (χ4v) is 3.05. The Kier molecular flexibility index (Phi) is 6.61. The third-order valence-corrected chi connectivity index (χ3v) is 4.52. The predicted octanol–water partition coefficient (Wildman–Crippen LogP) is 4.48. The zero-order valence-electron chi connectivity index (χ0n) is 17.2. The van der Waals surface area contributed by atoms with Crippen LogP contribution in [0.5, 0.6) is 5.75 Å². The van der Waals surface area contributed by atoms with Gasteiger partial charge in [-0.1, -0.05) is 6.07 Å². The number of hydrogen-bond donors (Lipinski definition) is 1. The van der Waals surface area contributed by atoms with Crippen molar-refractivity contribution in [3.05, 3.63) is 76.9 Å². The summed E-state index contributed by atoms with van der Waals surface area (Å²) in [7, 11) is 1.34. The first kappa shape index (κ1) is 23.0. The van der Waals surface area contributed by atoms with Gasteiger partial charge in [-0.15, -0.1) is 0 Å². The average Bonchev–Trinajstić information content (AvgIpc) is 3.10. The molecule has 0 radical (unpaired) electrons. The van der Waals surface area contributed by atoms with E-state index in [2.05, 4.69) is 10.4 Å². The second-order valence-corrected chi connectivity index (χ2v) is 7.08. The lowest BCUT2D eigenvalue weighted by atomic mass is 10.1. The van der Waals surface area contributed by atoms with Gasteiger partial charge in [0.05, 0.1) is 19.2 Å². The monoisotopic (exact) mass is 449 g/mol.